The Kier molecular flexibility index (Phi) is 4.14. The highest BCUT2D eigenvalue weighted by molar-refractivity contribution is 5.38. The topological polar surface area (TPSA) is 66.5 Å². The molecule has 0 aromatic carbocycles. The van der Waals surface area contributed by atoms with Gasteiger partial charge in [-0.25, -0.2) is 15.0 Å². The highest BCUT2D eigenvalue weighted by atomic mass is 15.1. The molecule has 0 fully saturated rings. The monoisotopic (exact) mass is 259 g/mol. The fourth-order valence-corrected chi connectivity index (χ4v) is 1.93. The molecule has 1 unspecified atom stereocenters. The minimum absolute atomic E-state index is 0.143. The Morgan fingerprint density at radius 2 is 2.11 bits per heavy atom. The molecule has 2 heterocycles. The summed E-state index contributed by atoms with van der Waals surface area (Å²) in [4.78, 5) is 16.5. The van der Waals surface area contributed by atoms with Gasteiger partial charge in [0, 0.05) is 30.1 Å². The quantitative estimate of drug-likeness (QED) is 0.865. The molecular weight excluding hydrogens is 238 g/mol. The predicted octanol–water partition coefficient (Wildman–Crippen LogP) is 3.19. The maximum atomic E-state index is 4.57. The Morgan fingerprint density at radius 3 is 2.68 bits per heavy atom. The molecule has 19 heavy (non-hydrogen) atoms. The van der Waals surface area contributed by atoms with Crippen molar-refractivity contribution in [3.05, 3.63) is 35.8 Å². The number of anilines is 1. The maximum Gasteiger partial charge on any atom is 0.133 e. The molecule has 2 aromatic rings. The number of imidazole rings is 1. The Morgan fingerprint density at radius 1 is 1.32 bits per heavy atom. The molecule has 2 aromatic heterocycles. The molecule has 1 atom stereocenters. The molecule has 2 N–H and O–H groups in total. The molecule has 0 aliphatic carbocycles. The Hall–Kier alpha value is -1.91. The molecule has 0 aliphatic heterocycles. The van der Waals surface area contributed by atoms with Gasteiger partial charge in [-0.1, -0.05) is 20.8 Å². The molecule has 0 amide bonds. The number of aromatic nitrogens is 4. The van der Waals surface area contributed by atoms with Crippen LogP contribution in [-0.2, 0) is 0 Å². The normalized spacial score (nSPS) is 12.7. The fraction of sp³-hybridized carbons (Fsp3) is 0.500. The molecule has 0 aliphatic rings. The minimum Gasteiger partial charge on any atom is -0.360 e. The Balaban J connectivity index is 2.22. The van der Waals surface area contributed by atoms with E-state index in [4.69, 9.17) is 0 Å². The summed E-state index contributed by atoms with van der Waals surface area (Å²) in [6, 6.07) is 2.11. The Labute approximate surface area is 113 Å². The van der Waals surface area contributed by atoms with Gasteiger partial charge in [0.1, 0.15) is 17.5 Å². The summed E-state index contributed by atoms with van der Waals surface area (Å²) in [5.41, 5.74) is 0.982. The van der Waals surface area contributed by atoms with Crippen LogP contribution in [-0.4, -0.2) is 19.9 Å². The summed E-state index contributed by atoms with van der Waals surface area (Å²) in [5, 5.41) is 3.42. The average molecular weight is 259 g/mol. The van der Waals surface area contributed by atoms with Crippen molar-refractivity contribution >= 4 is 5.82 Å². The van der Waals surface area contributed by atoms with Crippen LogP contribution in [0.15, 0.2) is 18.5 Å². The second-order valence-corrected chi connectivity index (χ2v) is 4.99. The summed E-state index contributed by atoms with van der Waals surface area (Å²) in [6.07, 6.45) is 4.54. The smallest absolute Gasteiger partial charge is 0.133 e. The van der Waals surface area contributed by atoms with Crippen LogP contribution < -0.4 is 5.32 Å². The van der Waals surface area contributed by atoms with Crippen molar-refractivity contribution in [1.29, 1.82) is 0 Å². The van der Waals surface area contributed by atoms with Gasteiger partial charge in [-0.05, 0) is 13.3 Å². The van der Waals surface area contributed by atoms with Gasteiger partial charge in [-0.2, -0.15) is 0 Å². The number of hydrogen-bond donors (Lipinski definition) is 2. The van der Waals surface area contributed by atoms with Gasteiger partial charge in [0.15, 0.2) is 0 Å². The lowest BCUT2D eigenvalue weighted by molar-refractivity contribution is 0.693. The van der Waals surface area contributed by atoms with Crippen LogP contribution in [0.2, 0.25) is 0 Å². The largest absolute Gasteiger partial charge is 0.360 e. The molecular formula is C14H21N5. The molecule has 0 radical (unpaired) electrons. The van der Waals surface area contributed by atoms with Crippen LogP contribution in [0.5, 0.6) is 0 Å². The number of aromatic amines is 1. The zero-order valence-corrected chi connectivity index (χ0v) is 11.9. The fourth-order valence-electron chi connectivity index (χ4n) is 1.93. The van der Waals surface area contributed by atoms with Crippen molar-refractivity contribution in [2.45, 2.75) is 46.1 Å². The number of nitrogens with zero attached hydrogens (tertiary/aromatic N) is 3. The number of nitrogens with one attached hydrogen (secondary N) is 2. The van der Waals surface area contributed by atoms with Crippen LogP contribution in [0.3, 0.4) is 0 Å². The number of rotatable bonds is 5. The predicted molar refractivity (Wildman–Crippen MR) is 76.1 cm³/mol. The van der Waals surface area contributed by atoms with E-state index in [-0.39, 0.29) is 6.04 Å². The molecule has 0 spiro atoms. The lowest BCUT2D eigenvalue weighted by Gasteiger charge is -2.16. The van der Waals surface area contributed by atoms with Crippen LogP contribution in [0, 0.1) is 6.92 Å². The average Bonchev–Trinajstić information content (AvgIpc) is 2.89. The molecule has 0 bridgehead atoms. The minimum atomic E-state index is 0.143. The first-order valence-corrected chi connectivity index (χ1v) is 6.71. The second-order valence-electron chi connectivity index (χ2n) is 4.99. The van der Waals surface area contributed by atoms with Crippen molar-refractivity contribution in [2.75, 3.05) is 5.32 Å². The van der Waals surface area contributed by atoms with Gasteiger partial charge >= 0.3 is 0 Å². The third-order valence-corrected chi connectivity index (χ3v) is 2.97. The third kappa shape index (κ3) is 3.30. The van der Waals surface area contributed by atoms with Gasteiger partial charge in [-0.3, -0.25) is 0 Å². The Bertz CT molecular complexity index is 519. The molecule has 0 saturated carbocycles. The van der Waals surface area contributed by atoms with Crippen LogP contribution >= 0.6 is 0 Å². The lowest BCUT2D eigenvalue weighted by atomic mass is 10.2. The van der Waals surface area contributed by atoms with Gasteiger partial charge < -0.3 is 10.3 Å². The third-order valence-electron chi connectivity index (χ3n) is 2.97. The van der Waals surface area contributed by atoms with Crippen molar-refractivity contribution < 1.29 is 0 Å². The van der Waals surface area contributed by atoms with Crippen molar-refractivity contribution in [1.82, 2.24) is 19.9 Å². The van der Waals surface area contributed by atoms with Crippen molar-refractivity contribution in [3.8, 4) is 0 Å². The first-order valence-electron chi connectivity index (χ1n) is 6.71. The summed E-state index contributed by atoms with van der Waals surface area (Å²) in [7, 11) is 0. The second kappa shape index (κ2) is 5.82. The van der Waals surface area contributed by atoms with Gasteiger partial charge in [-0.15, -0.1) is 0 Å². The number of hydrogen-bond acceptors (Lipinski definition) is 4. The zero-order chi connectivity index (χ0) is 13.8. The van der Waals surface area contributed by atoms with E-state index < -0.39 is 0 Å². The molecule has 2 rings (SSSR count). The summed E-state index contributed by atoms with van der Waals surface area (Å²) >= 11 is 0. The van der Waals surface area contributed by atoms with E-state index in [0.29, 0.717) is 5.92 Å². The highest BCUT2D eigenvalue weighted by Gasteiger charge is 2.13. The highest BCUT2D eigenvalue weighted by Crippen LogP contribution is 2.20. The van der Waals surface area contributed by atoms with Gasteiger partial charge in [0.25, 0.3) is 0 Å². The first-order chi connectivity index (χ1) is 9.10. The summed E-state index contributed by atoms with van der Waals surface area (Å²) in [6.45, 7) is 8.31. The maximum absolute atomic E-state index is 4.57. The number of H-pyrrole nitrogens is 1. The van der Waals surface area contributed by atoms with Crippen LogP contribution in [0.1, 0.15) is 56.5 Å². The van der Waals surface area contributed by atoms with Crippen LogP contribution in [0.25, 0.3) is 0 Å². The van der Waals surface area contributed by atoms with E-state index in [0.717, 1.165) is 29.6 Å². The van der Waals surface area contributed by atoms with E-state index in [1.54, 1.807) is 6.20 Å². The van der Waals surface area contributed by atoms with Gasteiger partial charge in [0.2, 0.25) is 0 Å². The lowest BCUT2D eigenvalue weighted by Crippen LogP contribution is -2.14. The van der Waals surface area contributed by atoms with Crippen molar-refractivity contribution in [3.63, 3.8) is 0 Å². The molecule has 102 valence electrons. The first kappa shape index (κ1) is 13.5. The molecule has 5 heteroatoms. The van der Waals surface area contributed by atoms with Crippen molar-refractivity contribution in [2.24, 2.45) is 0 Å². The van der Waals surface area contributed by atoms with Crippen LogP contribution in [0.4, 0.5) is 5.82 Å². The summed E-state index contributed by atoms with van der Waals surface area (Å²) < 4.78 is 0. The van der Waals surface area contributed by atoms with Gasteiger partial charge in [0.05, 0.1) is 6.04 Å². The molecule has 0 saturated heterocycles. The van der Waals surface area contributed by atoms with E-state index in [1.165, 1.54) is 0 Å². The molecule has 5 nitrogen and oxygen atoms in total. The zero-order valence-electron chi connectivity index (χ0n) is 11.9. The number of aryl methyl sites for hydroxylation is 1. The SMILES string of the molecule is CCC(Nc1cc(C)nc(C(C)C)n1)c1ncc[nH]1. The standard InChI is InChI=1S/C14H21N5/c1-5-11(14-15-6-7-16-14)18-12-8-10(4)17-13(19-12)9(2)3/h6-9,11H,5H2,1-4H3,(H,15,16)(H,17,18,19). The summed E-state index contributed by atoms with van der Waals surface area (Å²) in [5.74, 6) is 2.99. The van der Waals surface area contributed by atoms with E-state index >= 15 is 0 Å². The van der Waals surface area contributed by atoms with E-state index in [2.05, 4.69) is 46.0 Å². The van der Waals surface area contributed by atoms with E-state index in [9.17, 15) is 0 Å². The van der Waals surface area contributed by atoms with E-state index in [1.807, 2.05) is 19.2 Å².